The number of aliphatic carboxylic acids is 1. The number of hydrogen-bond acceptors (Lipinski definition) is 4. The Morgan fingerprint density at radius 3 is 2.89 bits per heavy atom. The summed E-state index contributed by atoms with van der Waals surface area (Å²) in [6, 6.07) is 0. The molecule has 1 aromatic heterocycles. The molecule has 6 nitrogen and oxygen atoms in total. The Morgan fingerprint density at radius 2 is 2.39 bits per heavy atom. The number of carboxylic acid groups (broad SMARTS) is 1. The summed E-state index contributed by atoms with van der Waals surface area (Å²) >= 11 is 0. The zero-order valence-electron chi connectivity index (χ0n) is 11.2. The van der Waals surface area contributed by atoms with Crippen LogP contribution >= 0.6 is 0 Å². The average molecular weight is 255 g/mol. The Hall–Kier alpha value is -1.40. The largest absolute Gasteiger partial charge is 0.479 e. The third kappa shape index (κ3) is 4.85. The molecule has 0 aliphatic carbocycles. The van der Waals surface area contributed by atoms with Gasteiger partial charge in [0.25, 0.3) is 0 Å². The fourth-order valence-corrected chi connectivity index (χ4v) is 1.76. The summed E-state index contributed by atoms with van der Waals surface area (Å²) in [6.45, 7) is 3.65. The molecule has 1 aromatic rings. The molecule has 1 rings (SSSR count). The first-order chi connectivity index (χ1) is 8.52. The van der Waals surface area contributed by atoms with Crippen molar-refractivity contribution < 1.29 is 14.6 Å². The molecule has 102 valence electrons. The van der Waals surface area contributed by atoms with E-state index in [4.69, 9.17) is 9.84 Å². The SMILES string of the molecule is CCOC(CCN(C)Cc1cnn(C)c1)C(=O)O. The summed E-state index contributed by atoms with van der Waals surface area (Å²) < 4.78 is 6.92. The van der Waals surface area contributed by atoms with Crippen molar-refractivity contribution in [2.24, 2.45) is 7.05 Å². The quantitative estimate of drug-likeness (QED) is 0.741. The summed E-state index contributed by atoms with van der Waals surface area (Å²) in [7, 11) is 3.83. The number of carbonyl (C=O) groups is 1. The second-order valence-electron chi connectivity index (χ2n) is 4.33. The Bertz CT molecular complexity index is 378. The highest BCUT2D eigenvalue weighted by molar-refractivity contribution is 5.72. The summed E-state index contributed by atoms with van der Waals surface area (Å²) in [5.41, 5.74) is 1.11. The van der Waals surface area contributed by atoms with Crippen LogP contribution in [0.2, 0.25) is 0 Å². The molecule has 0 saturated carbocycles. The molecule has 0 fully saturated rings. The molecule has 0 radical (unpaired) electrons. The first-order valence-corrected chi connectivity index (χ1v) is 6.03. The van der Waals surface area contributed by atoms with Crippen LogP contribution in [0.25, 0.3) is 0 Å². The van der Waals surface area contributed by atoms with Crippen molar-refractivity contribution in [2.45, 2.75) is 26.0 Å². The van der Waals surface area contributed by atoms with Gasteiger partial charge in [-0.3, -0.25) is 4.68 Å². The number of aromatic nitrogens is 2. The third-order valence-corrected chi connectivity index (χ3v) is 2.63. The number of rotatable bonds is 8. The lowest BCUT2D eigenvalue weighted by Crippen LogP contribution is -2.29. The fourth-order valence-electron chi connectivity index (χ4n) is 1.76. The predicted octanol–water partition coefficient (Wildman–Crippen LogP) is 0.732. The lowest BCUT2D eigenvalue weighted by Gasteiger charge is -2.18. The van der Waals surface area contributed by atoms with Gasteiger partial charge < -0.3 is 14.7 Å². The molecule has 1 atom stereocenters. The molecule has 0 amide bonds. The van der Waals surface area contributed by atoms with Crippen LogP contribution in [0, 0.1) is 0 Å². The lowest BCUT2D eigenvalue weighted by molar-refractivity contribution is -0.150. The second-order valence-corrected chi connectivity index (χ2v) is 4.33. The van der Waals surface area contributed by atoms with E-state index in [1.54, 1.807) is 11.6 Å². The van der Waals surface area contributed by atoms with Gasteiger partial charge in [0.05, 0.1) is 6.20 Å². The van der Waals surface area contributed by atoms with Gasteiger partial charge in [0.2, 0.25) is 0 Å². The van der Waals surface area contributed by atoms with E-state index >= 15 is 0 Å². The minimum absolute atomic E-state index is 0.420. The number of aryl methyl sites for hydroxylation is 1. The van der Waals surface area contributed by atoms with Crippen molar-refractivity contribution in [3.8, 4) is 0 Å². The van der Waals surface area contributed by atoms with E-state index in [0.717, 1.165) is 12.1 Å². The molecule has 0 aromatic carbocycles. The molecular weight excluding hydrogens is 234 g/mol. The van der Waals surface area contributed by atoms with Gasteiger partial charge in [0.1, 0.15) is 0 Å². The normalized spacial score (nSPS) is 12.9. The van der Waals surface area contributed by atoms with E-state index in [1.807, 2.05) is 26.5 Å². The maximum absolute atomic E-state index is 10.9. The lowest BCUT2D eigenvalue weighted by atomic mass is 10.2. The highest BCUT2D eigenvalue weighted by atomic mass is 16.5. The van der Waals surface area contributed by atoms with E-state index in [0.29, 0.717) is 19.6 Å². The molecule has 0 bridgehead atoms. The highest BCUT2D eigenvalue weighted by Gasteiger charge is 2.17. The van der Waals surface area contributed by atoms with Crippen LogP contribution in [0.15, 0.2) is 12.4 Å². The molecule has 0 aliphatic heterocycles. The smallest absolute Gasteiger partial charge is 0.332 e. The summed E-state index contributed by atoms with van der Waals surface area (Å²) in [5.74, 6) is -0.897. The summed E-state index contributed by atoms with van der Waals surface area (Å²) in [5, 5.41) is 13.0. The van der Waals surface area contributed by atoms with Crippen molar-refractivity contribution in [3.63, 3.8) is 0 Å². The maximum atomic E-state index is 10.9. The van der Waals surface area contributed by atoms with Crippen LogP contribution in [0.4, 0.5) is 0 Å². The Balaban J connectivity index is 2.35. The monoisotopic (exact) mass is 255 g/mol. The van der Waals surface area contributed by atoms with Gasteiger partial charge in [0, 0.05) is 38.5 Å². The van der Waals surface area contributed by atoms with Crippen LogP contribution in [0.1, 0.15) is 18.9 Å². The molecule has 6 heteroatoms. The highest BCUT2D eigenvalue weighted by Crippen LogP contribution is 2.05. The number of hydrogen-bond donors (Lipinski definition) is 1. The minimum atomic E-state index is -0.897. The zero-order valence-corrected chi connectivity index (χ0v) is 11.2. The van der Waals surface area contributed by atoms with Crippen molar-refractivity contribution >= 4 is 5.97 Å². The molecule has 0 aliphatic rings. The van der Waals surface area contributed by atoms with E-state index in [1.165, 1.54) is 0 Å². The average Bonchev–Trinajstić information content (AvgIpc) is 2.69. The first kappa shape index (κ1) is 14.7. The van der Waals surface area contributed by atoms with Gasteiger partial charge in [-0.15, -0.1) is 0 Å². The van der Waals surface area contributed by atoms with Crippen LogP contribution in [0.3, 0.4) is 0 Å². The standard InChI is InChI=1S/C12H21N3O3/c1-4-18-11(12(16)17)5-6-14(2)8-10-7-13-15(3)9-10/h7,9,11H,4-6,8H2,1-3H3,(H,16,17). The van der Waals surface area contributed by atoms with Crippen molar-refractivity contribution in [1.82, 2.24) is 14.7 Å². The van der Waals surface area contributed by atoms with Crippen LogP contribution in [-0.4, -0.2) is 52.1 Å². The van der Waals surface area contributed by atoms with Gasteiger partial charge in [-0.1, -0.05) is 0 Å². The van der Waals surface area contributed by atoms with E-state index < -0.39 is 12.1 Å². The number of nitrogens with zero attached hydrogens (tertiary/aromatic N) is 3. The Labute approximate surface area is 107 Å². The maximum Gasteiger partial charge on any atom is 0.332 e. The Kier molecular flexibility index (Phi) is 5.80. The van der Waals surface area contributed by atoms with Gasteiger partial charge in [0.15, 0.2) is 6.10 Å². The molecule has 1 unspecified atom stereocenters. The number of ether oxygens (including phenoxy) is 1. The second kappa shape index (κ2) is 7.13. The third-order valence-electron chi connectivity index (χ3n) is 2.63. The van der Waals surface area contributed by atoms with Crippen molar-refractivity contribution in [2.75, 3.05) is 20.2 Å². The van der Waals surface area contributed by atoms with Gasteiger partial charge in [-0.05, 0) is 20.4 Å². The van der Waals surface area contributed by atoms with E-state index in [2.05, 4.69) is 10.00 Å². The summed E-state index contributed by atoms with van der Waals surface area (Å²) in [6.07, 6.45) is 3.54. The number of carboxylic acids is 1. The van der Waals surface area contributed by atoms with Crippen molar-refractivity contribution in [3.05, 3.63) is 18.0 Å². The van der Waals surface area contributed by atoms with Gasteiger partial charge in [-0.2, -0.15) is 5.10 Å². The first-order valence-electron chi connectivity index (χ1n) is 6.03. The van der Waals surface area contributed by atoms with Crippen LogP contribution in [0.5, 0.6) is 0 Å². The van der Waals surface area contributed by atoms with E-state index in [-0.39, 0.29) is 0 Å². The molecule has 1 heterocycles. The zero-order chi connectivity index (χ0) is 13.5. The van der Waals surface area contributed by atoms with Gasteiger partial charge in [-0.25, -0.2) is 4.79 Å². The molecule has 18 heavy (non-hydrogen) atoms. The predicted molar refractivity (Wildman–Crippen MR) is 67.2 cm³/mol. The van der Waals surface area contributed by atoms with Gasteiger partial charge >= 0.3 is 5.97 Å². The fraction of sp³-hybridized carbons (Fsp3) is 0.667. The minimum Gasteiger partial charge on any atom is -0.479 e. The van der Waals surface area contributed by atoms with E-state index in [9.17, 15) is 4.79 Å². The Morgan fingerprint density at radius 1 is 1.67 bits per heavy atom. The van der Waals surface area contributed by atoms with Crippen LogP contribution < -0.4 is 0 Å². The summed E-state index contributed by atoms with van der Waals surface area (Å²) in [4.78, 5) is 13.0. The molecule has 0 saturated heterocycles. The molecule has 0 spiro atoms. The molecular formula is C12H21N3O3. The van der Waals surface area contributed by atoms with Crippen LogP contribution in [-0.2, 0) is 23.1 Å². The topological polar surface area (TPSA) is 67.6 Å². The molecule has 1 N–H and O–H groups in total. The van der Waals surface area contributed by atoms with Crippen molar-refractivity contribution in [1.29, 1.82) is 0 Å².